The Balaban J connectivity index is 2.93. The van der Waals surface area contributed by atoms with Crippen LogP contribution in [0.4, 0.5) is 0 Å². The number of Topliss-reactive ketones (excluding diaryl/α,β-unsaturated/α-hetero) is 1. The molecule has 0 amide bonds. The van der Waals surface area contributed by atoms with Crippen LogP contribution in [-0.2, 0) is 4.79 Å². The summed E-state index contributed by atoms with van der Waals surface area (Å²) in [5, 5.41) is 0. The first-order chi connectivity index (χ1) is 7.95. The molecule has 1 aromatic carbocycles. The highest BCUT2D eigenvalue weighted by atomic mass is 16.5. The summed E-state index contributed by atoms with van der Waals surface area (Å²) in [5.74, 6) is 1.59. The third-order valence-corrected chi connectivity index (χ3v) is 3.23. The molecule has 1 unspecified atom stereocenters. The predicted molar refractivity (Wildman–Crippen MR) is 70.8 cm³/mol. The summed E-state index contributed by atoms with van der Waals surface area (Å²) in [5.41, 5.74) is 3.85. The van der Waals surface area contributed by atoms with Crippen LogP contribution in [0.2, 0.25) is 0 Å². The number of ether oxygens (including phenoxy) is 1. The van der Waals surface area contributed by atoms with Crippen LogP contribution >= 0.6 is 0 Å². The lowest BCUT2D eigenvalue weighted by molar-refractivity contribution is -0.117. The van der Waals surface area contributed by atoms with Gasteiger partial charge < -0.3 is 9.53 Å². The molecular weight excluding hydrogens is 212 g/mol. The number of hydrogen-bond acceptors (Lipinski definition) is 2. The van der Waals surface area contributed by atoms with Gasteiger partial charge in [0.05, 0.1) is 7.11 Å². The van der Waals surface area contributed by atoms with Gasteiger partial charge in [0.1, 0.15) is 11.5 Å². The quantitative estimate of drug-likeness (QED) is 0.775. The van der Waals surface area contributed by atoms with Crippen LogP contribution in [0.1, 0.15) is 49.3 Å². The summed E-state index contributed by atoms with van der Waals surface area (Å²) in [6.07, 6.45) is 1.58. The number of carbonyl (C=O) groups is 1. The molecule has 0 heterocycles. The van der Waals surface area contributed by atoms with Crippen LogP contribution in [0.3, 0.4) is 0 Å². The lowest BCUT2D eigenvalue weighted by atomic mass is 9.88. The summed E-state index contributed by atoms with van der Waals surface area (Å²) in [6, 6.07) is 4.12. The van der Waals surface area contributed by atoms with E-state index in [0.717, 1.165) is 12.2 Å². The van der Waals surface area contributed by atoms with Crippen molar-refractivity contribution in [3.05, 3.63) is 28.8 Å². The molecule has 1 rings (SSSR count). The molecule has 0 aliphatic carbocycles. The van der Waals surface area contributed by atoms with Crippen molar-refractivity contribution in [3.8, 4) is 5.75 Å². The lowest BCUT2D eigenvalue weighted by Gasteiger charge is -2.18. The van der Waals surface area contributed by atoms with Crippen LogP contribution in [0.5, 0.6) is 5.75 Å². The molecule has 0 aromatic heterocycles. The van der Waals surface area contributed by atoms with Gasteiger partial charge in [-0.15, -0.1) is 0 Å². The van der Waals surface area contributed by atoms with Crippen molar-refractivity contribution >= 4 is 5.78 Å². The first kappa shape index (κ1) is 13.8. The molecule has 0 fully saturated rings. The van der Waals surface area contributed by atoms with E-state index in [1.807, 2.05) is 0 Å². The maximum atomic E-state index is 11.0. The Hall–Kier alpha value is -1.31. The Morgan fingerprint density at radius 1 is 1.29 bits per heavy atom. The highest BCUT2D eigenvalue weighted by molar-refractivity contribution is 5.75. The minimum absolute atomic E-state index is 0.265. The Morgan fingerprint density at radius 2 is 1.82 bits per heavy atom. The highest BCUT2D eigenvalue weighted by Gasteiger charge is 2.13. The zero-order valence-corrected chi connectivity index (χ0v) is 11.5. The average molecular weight is 234 g/mol. The monoisotopic (exact) mass is 234 g/mol. The number of carbonyl (C=O) groups excluding carboxylic acids is 1. The van der Waals surface area contributed by atoms with Crippen LogP contribution in [0, 0.1) is 13.8 Å². The van der Waals surface area contributed by atoms with E-state index in [1.54, 1.807) is 14.0 Å². The fraction of sp³-hybridized carbons (Fsp3) is 0.533. The average Bonchev–Trinajstić information content (AvgIpc) is 2.25. The van der Waals surface area contributed by atoms with Crippen molar-refractivity contribution < 1.29 is 9.53 Å². The van der Waals surface area contributed by atoms with Gasteiger partial charge in [0, 0.05) is 6.42 Å². The Morgan fingerprint density at radius 3 is 2.24 bits per heavy atom. The first-order valence-electron chi connectivity index (χ1n) is 6.10. The standard InChI is InChI=1S/C15H22O2/c1-10(6-7-13(4)16)15-11(2)8-14(17-5)9-12(15)3/h8-10H,6-7H2,1-5H3. The molecule has 0 N–H and O–H groups in total. The Bertz CT molecular complexity index is 384. The second-order valence-electron chi connectivity index (χ2n) is 4.82. The van der Waals surface area contributed by atoms with E-state index in [2.05, 4.69) is 32.9 Å². The summed E-state index contributed by atoms with van der Waals surface area (Å²) < 4.78 is 5.25. The van der Waals surface area contributed by atoms with E-state index < -0.39 is 0 Å². The molecule has 0 saturated carbocycles. The third kappa shape index (κ3) is 3.58. The highest BCUT2D eigenvalue weighted by Crippen LogP contribution is 2.30. The SMILES string of the molecule is COc1cc(C)c(C(C)CCC(C)=O)c(C)c1. The van der Waals surface area contributed by atoms with Gasteiger partial charge in [-0.1, -0.05) is 6.92 Å². The fourth-order valence-corrected chi connectivity index (χ4v) is 2.39. The third-order valence-electron chi connectivity index (χ3n) is 3.23. The summed E-state index contributed by atoms with van der Waals surface area (Å²) in [7, 11) is 1.69. The predicted octanol–water partition coefficient (Wildman–Crippen LogP) is 3.78. The molecule has 2 nitrogen and oxygen atoms in total. The van der Waals surface area contributed by atoms with Crippen LogP contribution in [-0.4, -0.2) is 12.9 Å². The Kier molecular flexibility index (Phi) is 4.73. The maximum absolute atomic E-state index is 11.0. The summed E-state index contributed by atoms with van der Waals surface area (Å²) in [4.78, 5) is 11.0. The molecule has 0 saturated heterocycles. The molecule has 2 heteroatoms. The van der Waals surface area contributed by atoms with Gasteiger partial charge in [0.15, 0.2) is 0 Å². The molecule has 0 radical (unpaired) electrons. The number of methoxy groups -OCH3 is 1. The van der Waals surface area contributed by atoms with Gasteiger partial charge in [-0.2, -0.15) is 0 Å². The molecule has 1 atom stereocenters. The van der Waals surface area contributed by atoms with E-state index in [1.165, 1.54) is 16.7 Å². The first-order valence-corrected chi connectivity index (χ1v) is 6.10. The lowest BCUT2D eigenvalue weighted by Crippen LogP contribution is -2.03. The largest absolute Gasteiger partial charge is 0.497 e. The summed E-state index contributed by atoms with van der Waals surface area (Å²) in [6.45, 7) is 8.05. The smallest absolute Gasteiger partial charge is 0.129 e. The van der Waals surface area contributed by atoms with E-state index in [9.17, 15) is 4.79 Å². The van der Waals surface area contributed by atoms with E-state index in [-0.39, 0.29) is 5.78 Å². The second kappa shape index (κ2) is 5.85. The zero-order valence-electron chi connectivity index (χ0n) is 11.5. The molecule has 0 spiro atoms. The number of ketones is 1. The zero-order chi connectivity index (χ0) is 13.0. The fourth-order valence-electron chi connectivity index (χ4n) is 2.39. The van der Waals surface area contributed by atoms with Crippen LogP contribution < -0.4 is 4.74 Å². The van der Waals surface area contributed by atoms with Crippen molar-refractivity contribution in [2.45, 2.75) is 46.5 Å². The molecule has 94 valence electrons. The van der Waals surface area contributed by atoms with E-state index >= 15 is 0 Å². The summed E-state index contributed by atoms with van der Waals surface area (Å²) >= 11 is 0. The van der Waals surface area contributed by atoms with E-state index in [0.29, 0.717) is 12.3 Å². The van der Waals surface area contributed by atoms with Crippen LogP contribution in [0.15, 0.2) is 12.1 Å². The van der Waals surface area contributed by atoms with E-state index in [4.69, 9.17) is 4.74 Å². The number of benzene rings is 1. The van der Waals surface area contributed by atoms with Crippen molar-refractivity contribution in [2.24, 2.45) is 0 Å². The van der Waals surface area contributed by atoms with Gasteiger partial charge >= 0.3 is 0 Å². The second-order valence-corrected chi connectivity index (χ2v) is 4.82. The van der Waals surface area contributed by atoms with Crippen molar-refractivity contribution in [3.63, 3.8) is 0 Å². The molecule has 0 bridgehead atoms. The minimum Gasteiger partial charge on any atom is -0.497 e. The van der Waals surface area contributed by atoms with Gasteiger partial charge in [-0.25, -0.2) is 0 Å². The topological polar surface area (TPSA) is 26.3 Å². The van der Waals surface area contributed by atoms with Gasteiger partial charge in [-0.3, -0.25) is 0 Å². The molecule has 17 heavy (non-hydrogen) atoms. The van der Waals surface area contributed by atoms with Gasteiger partial charge in [0.2, 0.25) is 0 Å². The number of hydrogen-bond donors (Lipinski definition) is 0. The van der Waals surface area contributed by atoms with Crippen LogP contribution in [0.25, 0.3) is 0 Å². The van der Waals surface area contributed by atoms with Crippen molar-refractivity contribution in [1.82, 2.24) is 0 Å². The van der Waals surface area contributed by atoms with Crippen molar-refractivity contribution in [1.29, 1.82) is 0 Å². The normalized spacial score (nSPS) is 12.3. The number of rotatable bonds is 5. The number of aryl methyl sites for hydroxylation is 2. The van der Waals surface area contributed by atoms with Gasteiger partial charge in [-0.05, 0) is 61.9 Å². The maximum Gasteiger partial charge on any atom is 0.129 e. The molecule has 1 aromatic rings. The Labute approximate surface area is 104 Å². The van der Waals surface area contributed by atoms with Crippen molar-refractivity contribution in [2.75, 3.05) is 7.11 Å². The molecule has 0 aliphatic rings. The minimum atomic E-state index is 0.265. The molecular formula is C15H22O2. The van der Waals surface area contributed by atoms with Gasteiger partial charge in [0.25, 0.3) is 0 Å². The molecule has 0 aliphatic heterocycles.